The second kappa shape index (κ2) is 8.74. The molecule has 31 heavy (non-hydrogen) atoms. The molecule has 0 saturated heterocycles. The maximum absolute atomic E-state index is 12.4. The van der Waals surface area contributed by atoms with Crippen molar-refractivity contribution in [2.24, 2.45) is 0 Å². The average Bonchev–Trinajstić information content (AvgIpc) is 3.25. The number of aromatic amines is 1. The molecule has 4 rings (SSSR count). The van der Waals surface area contributed by atoms with Gasteiger partial charge < -0.3 is 25.2 Å². The highest BCUT2D eigenvalue weighted by molar-refractivity contribution is 5.84. The first-order valence-corrected chi connectivity index (χ1v) is 10.6. The van der Waals surface area contributed by atoms with Crippen LogP contribution in [0, 0.1) is 6.92 Å². The number of rotatable bonds is 7. The van der Waals surface area contributed by atoms with Gasteiger partial charge in [0.15, 0.2) is 11.5 Å². The molecule has 1 fully saturated rings. The third-order valence-corrected chi connectivity index (χ3v) is 5.95. The van der Waals surface area contributed by atoms with Gasteiger partial charge in [0, 0.05) is 18.3 Å². The Balaban J connectivity index is 1.85. The zero-order valence-corrected chi connectivity index (χ0v) is 17.3. The zero-order valence-electron chi connectivity index (χ0n) is 17.3. The summed E-state index contributed by atoms with van der Waals surface area (Å²) in [6, 6.07) is 4.21. The van der Waals surface area contributed by atoms with E-state index >= 15 is 0 Å². The number of anilines is 1. The van der Waals surface area contributed by atoms with Crippen LogP contribution in [0.1, 0.15) is 37.7 Å². The van der Waals surface area contributed by atoms with E-state index in [4.69, 9.17) is 5.11 Å². The first kappa shape index (κ1) is 21.4. The zero-order chi connectivity index (χ0) is 22.1. The third-order valence-electron chi connectivity index (χ3n) is 5.95. The van der Waals surface area contributed by atoms with Crippen molar-refractivity contribution in [3.05, 3.63) is 38.5 Å². The molecular formula is C21H27N5O5. The lowest BCUT2D eigenvalue weighted by molar-refractivity contribution is -0.0191. The molecule has 1 aromatic rings. The highest BCUT2D eigenvalue weighted by atomic mass is 16.4. The number of hydrogen-bond acceptors (Lipinski definition) is 8. The van der Waals surface area contributed by atoms with Crippen molar-refractivity contribution in [1.82, 2.24) is 19.5 Å². The smallest absolute Gasteiger partial charge is 0.349 e. The van der Waals surface area contributed by atoms with E-state index in [1.807, 2.05) is 19.1 Å². The highest BCUT2D eigenvalue weighted by Crippen LogP contribution is 2.29. The van der Waals surface area contributed by atoms with E-state index in [2.05, 4.69) is 20.3 Å². The average molecular weight is 429 g/mol. The number of aryl methyl sites for hydroxylation is 2. The predicted molar refractivity (Wildman–Crippen MR) is 115 cm³/mol. The molecule has 166 valence electrons. The maximum atomic E-state index is 12.4. The van der Waals surface area contributed by atoms with Crippen LogP contribution in [0.15, 0.2) is 21.7 Å². The Morgan fingerprint density at radius 2 is 1.94 bits per heavy atom. The Labute approximate surface area is 178 Å². The van der Waals surface area contributed by atoms with E-state index in [-0.39, 0.29) is 24.5 Å². The summed E-state index contributed by atoms with van der Waals surface area (Å²) in [5.74, 6) is 0.114. The van der Waals surface area contributed by atoms with Gasteiger partial charge in [0.2, 0.25) is 0 Å². The molecule has 0 spiro atoms. The molecule has 2 unspecified atom stereocenters. The normalized spacial score (nSPS) is 16.8. The number of aliphatic hydroxyl groups is 3. The largest absolute Gasteiger partial charge is 0.394 e. The number of nitrogens with zero attached hydrogens (tertiary/aromatic N) is 3. The van der Waals surface area contributed by atoms with Crippen LogP contribution in [0.5, 0.6) is 0 Å². The lowest BCUT2D eigenvalue weighted by Crippen LogP contribution is -2.32. The summed E-state index contributed by atoms with van der Waals surface area (Å²) in [6.45, 7) is 1.56. The standard InChI is InChI=1S/C21H27N5O5/c1-11-8-14-15(9-13(11)22-12-4-2-3-5-12)26(7-6-16(28)17(29)10-27)19-18(23-14)20(30)25-21(31)24-19/h8-9,12,16-17,22,27-29H,2-7,10H2,1H3,(H,25,30,31). The summed E-state index contributed by atoms with van der Waals surface area (Å²) in [5.41, 5.74) is 1.76. The fourth-order valence-electron chi connectivity index (χ4n) is 4.19. The summed E-state index contributed by atoms with van der Waals surface area (Å²) in [5, 5.41) is 32.5. The Hall–Kier alpha value is -2.82. The summed E-state index contributed by atoms with van der Waals surface area (Å²) < 4.78 is 1.67. The maximum Gasteiger partial charge on any atom is 0.349 e. The molecule has 1 aromatic carbocycles. The van der Waals surface area contributed by atoms with Crippen LogP contribution in [0.4, 0.5) is 5.69 Å². The van der Waals surface area contributed by atoms with Crippen molar-refractivity contribution in [2.75, 3.05) is 11.9 Å². The number of aliphatic hydroxyl groups excluding tert-OH is 3. The first-order valence-electron chi connectivity index (χ1n) is 10.6. The number of hydrogen-bond donors (Lipinski definition) is 5. The Kier molecular flexibility index (Phi) is 6.03. The van der Waals surface area contributed by atoms with Crippen LogP contribution in [0.2, 0.25) is 0 Å². The Morgan fingerprint density at radius 1 is 1.19 bits per heavy atom. The molecule has 0 amide bonds. The van der Waals surface area contributed by atoms with Gasteiger partial charge in [0.1, 0.15) is 6.10 Å². The quantitative estimate of drug-likeness (QED) is 0.337. The van der Waals surface area contributed by atoms with Gasteiger partial charge >= 0.3 is 5.69 Å². The van der Waals surface area contributed by atoms with E-state index in [0.29, 0.717) is 17.1 Å². The van der Waals surface area contributed by atoms with Crippen molar-refractivity contribution in [1.29, 1.82) is 0 Å². The first-order chi connectivity index (χ1) is 14.9. The minimum Gasteiger partial charge on any atom is -0.394 e. The number of H-pyrrole nitrogens is 1. The number of benzene rings is 1. The predicted octanol–water partition coefficient (Wildman–Crippen LogP) is 0.352. The van der Waals surface area contributed by atoms with E-state index in [0.717, 1.165) is 24.1 Å². The fraction of sp³-hybridized carbons (Fsp3) is 0.524. The lowest BCUT2D eigenvalue weighted by Gasteiger charge is -2.22. The molecule has 1 saturated carbocycles. The SMILES string of the molecule is Cc1cc2nc3c(=O)[nH]c(=O)nc-3n(CCC(O)C(O)CO)c2cc1NC1CCCC1. The monoisotopic (exact) mass is 429 g/mol. The molecule has 10 nitrogen and oxygen atoms in total. The molecule has 0 bridgehead atoms. The van der Waals surface area contributed by atoms with Crippen molar-refractivity contribution >= 4 is 16.7 Å². The topological polar surface area (TPSA) is 153 Å². The van der Waals surface area contributed by atoms with Gasteiger partial charge in [-0.15, -0.1) is 0 Å². The van der Waals surface area contributed by atoms with Crippen molar-refractivity contribution < 1.29 is 15.3 Å². The van der Waals surface area contributed by atoms with Crippen LogP contribution in [-0.2, 0) is 6.54 Å². The molecule has 0 radical (unpaired) electrons. The van der Waals surface area contributed by atoms with Gasteiger partial charge in [0.05, 0.1) is 23.7 Å². The van der Waals surface area contributed by atoms with Crippen LogP contribution in [0.25, 0.3) is 22.6 Å². The molecule has 10 heteroatoms. The van der Waals surface area contributed by atoms with E-state index in [1.54, 1.807) is 4.57 Å². The molecule has 2 aliphatic heterocycles. The molecule has 0 aromatic heterocycles. The minimum atomic E-state index is -1.28. The van der Waals surface area contributed by atoms with Gasteiger partial charge in [-0.25, -0.2) is 9.78 Å². The summed E-state index contributed by atoms with van der Waals surface area (Å²) >= 11 is 0. The van der Waals surface area contributed by atoms with E-state index in [9.17, 15) is 19.8 Å². The summed E-state index contributed by atoms with van der Waals surface area (Å²) in [7, 11) is 0. The van der Waals surface area contributed by atoms with Crippen LogP contribution in [0.3, 0.4) is 0 Å². The highest BCUT2D eigenvalue weighted by Gasteiger charge is 2.22. The van der Waals surface area contributed by atoms with Gasteiger partial charge in [-0.05, 0) is 43.9 Å². The molecule has 1 aliphatic carbocycles. The lowest BCUT2D eigenvalue weighted by atomic mass is 10.1. The molecule has 2 atom stereocenters. The molecule has 3 aliphatic rings. The van der Waals surface area contributed by atoms with Crippen molar-refractivity contribution in [3.63, 3.8) is 0 Å². The number of fused-ring (bicyclic) bond motifs is 2. The van der Waals surface area contributed by atoms with Gasteiger partial charge in [-0.3, -0.25) is 9.78 Å². The van der Waals surface area contributed by atoms with Crippen LogP contribution < -0.4 is 16.6 Å². The van der Waals surface area contributed by atoms with Gasteiger partial charge in [0.25, 0.3) is 5.56 Å². The van der Waals surface area contributed by atoms with Crippen LogP contribution in [-0.4, -0.2) is 59.7 Å². The van der Waals surface area contributed by atoms with Crippen molar-refractivity contribution in [3.8, 4) is 11.5 Å². The number of nitrogens with one attached hydrogen (secondary N) is 2. The van der Waals surface area contributed by atoms with Gasteiger partial charge in [-0.1, -0.05) is 12.8 Å². The molecule has 5 N–H and O–H groups in total. The second-order valence-corrected chi connectivity index (χ2v) is 8.19. The van der Waals surface area contributed by atoms with E-state index < -0.39 is 30.1 Å². The Morgan fingerprint density at radius 3 is 2.65 bits per heavy atom. The molecule has 2 heterocycles. The molecular weight excluding hydrogens is 402 g/mol. The third kappa shape index (κ3) is 4.32. The Bertz CT molecular complexity index is 1170. The second-order valence-electron chi connectivity index (χ2n) is 8.19. The fourth-order valence-corrected chi connectivity index (χ4v) is 4.19. The van der Waals surface area contributed by atoms with Gasteiger partial charge in [-0.2, -0.15) is 4.98 Å². The van der Waals surface area contributed by atoms with Crippen molar-refractivity contribution in [2.45, 2.75) is 63.8 Å². The number of aromatic nitrogens is 4. The van der Waals surface area contributed by atoms with E-state index in [1.165, 1.54) is 12.8 Å². The minimum absolute atomic E-state index is 0.0280. The summed E-state index contributed by atoms with van der Waals surface area (Å²) in [6.07, 6.45) is 2.23. The van der Waals surface area contributed by atoms with Crippen LogP contribution >= 0.6 is 0 Å². The summed E-state index contributed by atoms with van der Waals surface area (Å²) in [4.78, 5) is 34.8.